The Kier molecular flexibility index (Phi) is 7.06. The third kappa shape index (κ3) is 5.05. The average molecular weight is 412 g/mol. The van der Waals surface area contributed by atoms with Gasteiger partial charge in [0.15, 0.2) is 5.16 Å². The van der Waals surface area contributed by atoms with E-state index < -0.39 is 0 Å². The van der Waals surface area contributed by atoms with Crippen LogP contribution >= 0.6 is 11.8 Å². The van der Waals surface area contributed by atoms with Crippen LogP contribution in [0.3, 0.4) is 0 Å². The highest BCUT2D eigenvalue weighted by Gasteiger charge is 2.22. The molecule has 2 aromatic carbocycles. The summed E-state index contributed by atoms with van der Waals surface area (Å²) in [6.07, 6.45) is 0. The summed E-state index contributed by atoms with van der Waals surface area (Å²) in [5, 5.41) is 0.707. The van der Waals surface area contributed by atoms with E-state index in [2.05, 4.69) is 4.98 Å². The molecular weight excluding hydrogens is 386 g/mol. The van der Waals surface area contributed by atoms with Gasteiger partial charge in [-0.15, -0.1) is 0 Å². The van der Waals surface area contributed by atoms with E-state index in [4.69, 9.17) is 4.74 Å². The molecule has 29 heavy (non-hydrogen) atoms. The molecular formula is C22H25N3O3S. The van der Waals surface area contributed by atoms with E-state index >= 15 is 0 Å². The van der Waals surface area contributed by atoms with Crippen LogP contribution in [0.15, 0.2) is 64.5 Å². The van der Waals surface area contributed by atoms with Crippen molar-refractivity contribution in [3.8, 4) is 0 Å². The lowest BCUT2D eigenvalue weighted by Crippen LogP contribution is -2.33. The van der Waals surface area contributed by atoms with Gasteiger partial charge in [-0.25, -0.2) is 4.98 Å². The Morgan fingerprint density at radius 3 is 2.59 bits per heavy atom. The van der Waals surface area contributed by atoms with Gasteiger partial charge < -0.3 is 9.64 Å². The van der Waals surface area contributed by atoms with E-state index in [1.807, 2.05) is 55.5 Å². The highest BCUT2D eigenvalue weighted by Crippen LogP contribution is 2.24. The Hall–Kier alpha value is -2.64. The van der Waals surface area contributed by atoms with Gasteiger partial charge in [-0.1, -0.05) is 54.2 Å². The summed E-state index contributed by atoms with van der Waals surface area (Å²) in [5.41, 5.74) is 1.58. The molecule has 6 nitrogen and oxygen atoms in total. The van der Waals surface area contributed by atoms with Crippen molar-refractivity contribution < 1.29 is 9.53 Å². The standard InChI is InChI=1S/C22H25N3O3S/c1-16(20(26)24(2)15-17-9-5-4-6-10-17)29-22-23-19-12-8-7-11-18(19)21(27)25(22)13-14-28-3/h4-12,16H,13-15H2,1-3H3/t16-/m1/s1. The maximum Gasteiger partial charge on any atom is 0.262 e. The van der Waals surface area contributed by atoms with Crippen molar-refractivity contribution in [3.05, 3.63) is 70.5 Å². The molecule has 0 radical (unpaired) electrons. The van der Waals surface area contributed by atoms with Crippen molar-refractivity contribution in [2.75, 3.05) is 20.8 Å². The largest absolute Gasteiger partial charge is 0.383 e. The van der Waals surface area contributed by atoms with Crippen LogP contribution < -0.4 is 5.56 Å². The maximum absolute atomic E-state index is 12.9. The van der Waals surface area contributed by atoms with Crippen LogP contribution in [0.5, 0.6) is 0 Å². The van der Waals surface area contributed by atoms with Gasteiger partial charge in [0.25, 0.3) is 5.56 Å². The molecule has 7 heteroatoms. The van der Waals surface area contributed by atoms with E-state index in [9.17, 15) is 9.59 Å². The summed E-state index contributed by atoms with van der Waals surface area (Å²) in [7, 11) is 3.38. The van der Waals surface area contributed by atoms with E-state index in [0.717, 1.165) is 5.56 Å². The molecule has 1 heterocycles. The fourth-order valence-corrected chi connectivity index (χ4v) is 4.12. The second-order valence-electron chi connectivity index (χ2n) is 6.80. The highest BCUT2D eigenvalue weighted by molar-refractivity contribution is 8.00. The molecule has 1 aromatic heterocycles. The minimum atomic E-state index is -0.384. The van der Waals surface area contributed by atoms with Crippen LogP contribution in [0.4, 0.5) is 0 Å². The third-order valence-corrected chi connectivity index (χ3v) is 5.69. The summed E-state index contributed by atoms with van der Waals surface area (Å²) >= 11 is 1.30. The number of hydrogen-bond acceptors (Lipinski definition) is 5. The molecule has 0 unspecified atom stereocenters. The number of carbonyl (C=O) groups is 1. The van der Waals surface area contributed by atoms with Gasteiger partial charge in [-0.2, -0.15) is 0 Å². The number of nitrogens with zero attached hydrogens (tertiary/aromatic N) is 3. The molecule has 0 spiro atoms. The monoisotopic (exact) mass is 411 g/mol. The van der Waals surface area contributed by atoms with Crippen LogP contribution in [0.25, 0.3) is 10.9 Å². The summed E-state index contributed by atoms with van der Waals surface area (Å²) in [6, 6.07) is 17.1. The van der Waals surface area contributed by atoms with Crippen LogP contribution in [-0.4, -0.2) is 46.4 Å². The lowest BCUT2D eigenvalue weighted by molar-refractivity contribution is -0.129. The molecule has 0 saturated heterocycles. The summed E-state index contributed by atoms with van der Waals surface area (Å²) in [4.78, 5) is 32.2. The first-order chi connectivity index (χ1) is 14.0. The zero-order valence-corrected chi connectivity index (χ0v) is 17.7. The smallest absolute Gasteiger partial charge is 0.262 e. The number of ether oxygens (including phenoxy) is 1. The topological polar surface area (TPSA) is 64.4 Å². The van der Waals surface area contributed by atoms with Crippen molar-refractivity contribution in [2.24, 2.45) is 0 Å². The minimum Gasteiger partial charge on any atom is -0.383 e. The predicted molar refractivity (Wildman–Crippen MR) is 116 cm³/mol. The van der Waals surface area contributed by atoms with Gasteiger partial charge in [0.2, 0.25) is 5.91 Å². The van der Waals surface area contributed by atoms with Crippen LogP contribution in [-0.2, 0) is 22.6 Å². The molecule has 3 rings (SSSR count). The van der Waals surface area contributed by atoms with Gasteiger partial charge in [-0.3, -0.25) is 14.2 Å². The summed E-state index contributed by atoms with van der Waals surface area (Å²) < 4.78 is 6.75. The van der Waals surface area contributed by atoms with E-state index in [1.54, 1.807) is 29.7 Å². The van der Waals surface area contributed by atoms with Crippen molar-refractivity contribution in [1.29, 1.82) is 0 Å². The average Bonchev–Trinajstić information content (AvgIpc) is 2.73. The van der Waals surface area contributed by atoms with Crippen molar-refractivity contribution in [3.63, 3.8) is 0 Å². The van der Waals surface area contributed by atoms with Gasteiger partial charge in [-0.05, 0) is 24.6 Å². The van der Waals surface area contributed by atoms with Crippen LogP contribution in [0.1, 0.15) is 12.5 Å². The number of hydrogen-bond donors (Lipinski definition) is 0. The zero-order chi connectivity index (χ0) is 20.8. The number of amides is 1. The molecule has 1 amide bonds. The Morgan fingerprint density at radius 1 is 1.17 bits per heavy atom. The molecule has 152 valence electrons. The van der Waals surface area contributed by atoms with E-state index in [1.165, 1.54) is 11.8 Å². The zero-order valence-electron chi connectivity index (χ0n) is 16.9. The van der Waals surface area contributed by atoms with Gasteiger partial charge in [0.05, 0.1) is 29.3 Å². The van der Waals surface area contributed by atoms with Crippen LogP contribution in [0, 0.1) is 0 Å². The molecule has 0 saturated carbocycles. The first-order valence-electron chi connectivity index (χ1n) is 9.45. The van der Waals surface area contributed by atoms with E-state index in [0.29, 0.717) is 35.8 Å². The first-order valence-corrected chi connectivity index (χ1v) is 10.3. The summed E-state index contributed by atoms with van der Waals surface area (Å²) in [6.45, 7) is 3.16. The quantitative estimate of drug-likeness (QED) is 0.421. The van der Waals surface area contributed by atoms with Gasteiger partial charge in [0.1, 0.15) is 0 Å². The highest BCUT2D eigenvalue weighted by atomic mass is 32.2. The fraction of sp³-hybridized carbons (Fsp3) is 0.318. The molecule has 0 aliphatic carbocycles. The van der Waals surface area contributed by atoms with Gasteiger partial charge in [0, 0.05) is 20.7 Å². The molecule has 0 bridgehead atoms. The van der Waals surface area contributed by atoms with Crippen molar-refractivity contribution in [2.45, 2.75) is 30.4 Å². The van der Waals surface area contributed by atoms with Crippen molar-refractivity contribution in [1.82, 2.24) is 14.5 Å². The number of aromatic nitrogens is 2. The number of methoxy groups -OCH3 is 1. The molecule has 0 aliphatic rings. The number of rotatable bonds is 8. The number of para-hydroxylation sites is 1. The lowest BCUT2D eigenvalue weighted by atomic mass is 10.2. The number of carbonyl (C=O) groups excluding carboxylic acids is 1. The number of fused-ring (bicyclic) bond motifs is 1. The number of benzene rings is 2. The fourth-order valence-electron chi connectivity index (χ4n) is 3.07. The molecule has 0 N–H and O–H groups in total. The number of thioether (sulfide) groups is 1. The molecule has 0 aliphatic heterocycles. The maximum atomic E-state index is 12.9. The third-order valence-electron chi connectivity index (χ3n) is 4.61. The molecule has 0 fully saturated rings. The Bertz CT molecular complexity index is 1040. The van der Waals surface area contributed by atoms with Crippen LogP contribution in [0.2, 0.25) is 0 Å². The Morgan fingerprint density at radius 2 is 1.86 bits per heavy atom. The predicted octanol–water partition coefficient (Wildman–Crippen LogP) is 3.18. The van der Waals surface area contributed by atoms with Gasteiger partial charge >= 0.3 is 0 Å². The lowest BCUT2D eigenvalue weighted by Gasteiger charge is -2.22. The second kappa shape index (κ2) is 9.71. The molecule has 3 aromatic rings. The van der Waals surface area contributed by atoms with E-state index in [-0.39, 0.29) is 16.7 Å². The normalized spacial score (nSPS) is 12.1. The SMILES string of the molecule is COCCn1c(S[C@H](C)C(=O)N(C)Cc2ccccc2)nc2ccccc2c1=O. The first kappa shape index (κ1) is 21.1. The van der Waals surface area contributed by atoms with Crippen molar-refractivity contribution >= 4 is 28.6 Å². The minimum absolute atomic E-state index is 0.0143. The Labute approximate surface area is 174 Å². The Balaban J connectivity index is 1.83. The summed E-state index contributed by atoms with van der Waals surface area (Å²) in [5.74, 6) is -0.0143. The molecule has 1 atom stereocenters. The second-order valence-corrected chi connectivity index (χ2v) is 8.11.